The molecular formula is C31H34FN3O5. The van der Waals surface area contributed by atoms with E-state index in [-0.39, 0.29) is 31.5 Å². The number of carbonyl (C=O) groups is 2. The highest BCUT2D eigenvalue weighted by molar-refractivity contribution is 5.96. The number of ether oxygens (including phenoxy) is 3. The second-order valence-corrected chi connectivity index (χ2v) is 9.34. The number of nitrogens with zero attached hydrogens (tertiary/aromatic N) is 2. The van der Waals surface area contributed by atoms with Crippen LogP contribution in [0.1, 0.15) is 21.5 Å². The molecule has 1 N–H and O–H groups in total. The first-order valence-electron chi connectivity index (χ1n) is 13.0. The van der Waals surface area contributed by atoms with Crippen molar-refractivity contribution in [2.75, 3.05) is 47.6 Å². The van der Waals surface area contributed by atoms with E-state index in [1.54, 1.807) is 25.2 Å². The van der Waals surface area contributed by atoms with Crippen LogP contribution in [0, 0.1) is 5.82 Å². The van der Waals surface area contributed by atoms with Crippen molar-refractivity contribution in [1.29, 1.82) is 0 Å². The standard InChI is InChI=1S/C31H34FN3O5/c1-38-17-16-35(31(37)23-9-11-25(32)12-10-23)21-30(36)34(20-22-8-13-28(39-2)29(18-22)40-3)15-14-24-19-33-27-7-5-4-6-26(24)27/h4-13,18-19,33H,14-17,20-21H2,1-3H3. The highest BCUT2D eigenvalue weighted by Crippen LogP contribution is 2.28. The summed E-state index contributed by atoms with van der Waals surface area (Å²) in [5.74, 6) is 0.138. The van der Waals surface area contributed by atoms with E-state index in [0.717, 1.165) is 22.0 Å². The predicted octanol–water partition coefficient (Wildman–Crippen LogP) is 4.68. The Labute approximate surface area is 233 Å². The fourth-order valence-electron chi connectivity index (χ4n) is 4.58. The number of hydrogen-bond acceptors (Lipinski definition) is 5. The summed E-state index contributed by atoms with van der Waals surface area (Å²) in [5.41, 5.74) is 3.29. The van der Waals surface area contributed by atoms with Crippen LogP contribution in [0.25, 0.3) is 10.9 Å². The van der Waals surface area contributed by atoms with Crippen LogP contribution in [0.3, 0.4) is 0 Å². The molecule has 0 bridgehead atoms. The lowest BCUT2D eigenvalue weighted by Gasteiger charge is -2.28. The Kier molecular flexibility index (Phi) is 9.75. The van der Waals surface area contributed by atoms with Gasteiger partial charge in [0.25, 0.3) is 5.91 Å². The average Bonchev–Trinajstić information content (AvgIpc) is 3.40. The van der Waals surface area contributed by atoms with Gasteiger partial charge in [0.05, 0.1) is 20.8 Å². The minimum atomic E-state index is -0.436. The van der Waals surface area contributed by atoms with E-state index in [1.807, 2.05) is 36.5 Å². The Balaban J connectivity index is 1.58. The molecule has 0 saturated heterocycles. The first-order valence-corrected chi connectivity index (χ1v) is 13.0. The third kappa shape index (κ3) is 6.98. The predicted molar refractivity (Wildman–Crippen MR) is 151 cm³/mol. The second kappa shape index (κ2) is 13.6. The zero-order chi connectivity index (χ0) is 28.5. The minimum Gasteiger partial charge on any atom is -0.493 e. The number of aromatic amines is 1. The molecule has 0 aliphatic carbocycles. The van der Waals surface area contributed by atoms with Gasteiger partial charge < -0.3 is 29.0 Å². The molecule has 0 aliphatic heterocycles. The number of nitrogens with one attached hydrogen (secondary N) is 1. The lowest BCUT2D eigenvalue weighted by Crippen LogP contribution is -2.44. The number of rotatable bonds is 13. The highest BCUT2D eigenvalue weighted by atomic mass is 19.1. The molecule has 0 radical (unpaired) electrons. The SMILES string of the molecule is COCCN(CC(=O)N(CCc1c[nH]c2ccccc12)Cc1ccc(OC)c(OC)c1)C(=O)c1ccc(F)cc1. The Morgan fingerprint density at radius 1 is 0.875 bits per heavy atom. The van der Waals surface area contributed by atoms with Crippen LogP contribution >= 0.6 is 0 Å². The molecule has 3 aromatic carbocycles. The maximum atomic E-state index is 13.8. The minimum absolute atomic E-state index is 0.152. The number of amides is 2. The number of halogens is 1. The monoisotopic (exact) mass is 547 g/mol. The molecule has 0 atom stereocenters. The van der Waals surface area contributed by atoms with Gasteiger partial charge in [-0.25, -0.2) is 4.39 Å². The number of benzene rings is 3. The first kappa shape index (κ1) is 28.6. The molecule has 0 unspecified atom stereocenters. The molecule has 8 nitrogen and oxygen atoms in total. The van der Waals surface area contributed by atoms with Crippen molar-refractivity contribution in [3.8, 4) is 11.5 Å². The topological polar surface area (TPSA) is 84.1 Å². The molecule has 40 heavy (non-hydrogen) atoms. The van der Waals surface area contributed by atoms with Gasteiger partial charge in [0.15, 0.2) is 11.5 Å². The summed E-state index contributed by atoms with van der Waals surface area (Å²) >= 11 is 0. The molecule has 210 valence electrons. The van der Waals surface area contributed by atoms with Crippen molar-refractivity contribution in [2.24, 2.45) is 0 Å². The highest BCUT2D eigenvalue weighted by Gasteiger charge is 2.23. The molecule has 0 fully saturated rings. The summed E-state index contributed by atoms with van der Waals surface area (Å²) in [7, 11) is 4.67. The van der Waals surface area contributed by atoms with E-state index in [0.29, 0.717) is 36.6 Å². The number of H-pyrrole nitrogens is 1. The summed E-state index contributed by atoms with van der Waals surface area (Å²) in [5, 5.41) is 1.11. The van der Waals surface area contributed by atoms with Crippen molar-refractivity contribution >= 4 is 22.7 Å². The van der Waals surface area contributed by atoms with Crippen LogP contribution in [-0.2, 0) is 22.5 Å². The Morgan fingerprint density at radius 2 is 1.62 bits per heavy atom. The second-order valence-electron chi connectivity index (χ2n) is 9.34. The zero-order valence-corrected chi connectivity index (χ0v) is 23.0. The Morgan fingerprint density at radius 3 is 2.35 bits per heavy atom. The van der Waals surface area contributed by atoms with E-state index >= 15 is 0 Å². The largest absolute Gasteiger partial charge is 0.493 e. The maximum absolute atomic E-state index is 13.8. The van der Waals surface area contributed by atoms with Crippen molar-refractivity contribution in [3.63, 3.8) is 0 Å². The molecule has 1 heterocycles. The van der Waals surface area contributed by atoms with E-state index < -0.39 is 5.82 Å². The van der Waals surface area contributed by atoms with E-state index in [9.17, 15) is 14.0 Å². The van der Waals surface area contributed by atoms with Gasteiger partial charge >= 0.3 is 0 Å². The van der Waals surface area contributed by atoms with Gasteiger partial charge in [-0.05, 0) is 60.0 Å². The van der Waals surface area contributed by atoms with Gasteiger partial charge in [0, 0.05) is 49.4 Å². The molecule has 4 aromatic rings. The van der Waals surface area contributed by atoms with Gasteiger partial charge in [0.2, 0.25) is 5.91 Å². The van der Waals surface area contributed by atoms with Crippen LogP contribution in [0.2, 0.25) is 0 Å². The molecule has 0 spiro atoms. The van der Waals surface area contributed by atoms with Gasteiger partial charge in [-0.15, -0.1) is 0 Å². The van der Waals surface area contributed by atoms with Crippen LogP contribution in [-0.4, -0.2) is 74.2 Å². The van der Waals surface area contributed by atoms with Crippen LogP contribution in [0.4, 0.5) is 4.39 Å². The van der Waals surface area contributed by atoms with Crippen LogP contribution < -0.4 is 9.47 Å². The lowest BCUT2D eigenvalue weighted by molar-refractivity contribution is -0.132. The van der Waals surface area contributed by atoms with E-state index in [2.05, 4.69) is 11.1 Å². The van der Waals surface area contributed by atoms with E-state index in [1.165, 1.54) is 36.3 Å². The molecular weight excluding hydrogens is 513 g/mol. The summed E-state index contributed by atoms with van der Waals surface area (Å²) < 4.78 is 29.5. The summed E-state index contributed by atoms with van der Waals surface area (Å²) in [6, 6.07) is 18.9. The smallest absolute Gasteiger partial charge is 0.254 e. The number of methoxy groups -OCH3 is 3. The van der Waals surface area contributed by atoms with E-state index in [4.69, 9.17) is 14.2 Å². The summed E-state index contributed by atoms with van der Waals surface area (Å²) in [6.07, 6.45) is 2.58. The van der Waals surface area contributed by atoms with Crippen LogP contribution in [0.5, 0.6) is 11.5 Å². The van der Waals surface area contributed by atoms with Crippen molar-refractivity contribution < 1.29 is 28.2 Å². The van der Waals surface area contributed by atoms with Gasteiger partial charge in [0.1, 0.15) is 12.4 Å². The summed E-state index contributed by atoms with van der Waals surface area (Å²) in [4.78, 5) is 33.5. The fraction of sp³-hybridized carbons (Fsp3) is 0.290. The van der Waals surface area contributed by atoms with Gasteiger partial charge in [-0.3, -0.25) is 9.59 Å². The quantitative estimate of drug-likeness (QED) is 0.263. The summed E-state index contributed by atoms with van der Waals surface area (Å²) in [6.45, 7) is 1.05. The molecule has 1 aromatic heterocycles. The first-order chi connectivity index (χ1) is 19.4. The number of para-hydroxylation sites is 1. The normalized spacial score (nSPS) is 10.9. The Hall–Kier alpha value is -4.37. The molecule has 0 saturated carbocycles. The van der Waals surface area contributed by atoms with Crippen molar-refractivity contribution in [1.82, 2.24) is 14.8 Å². The zero-order valence-electron chi connectivity index (χ0n) is 23.0. The molecule has 4 rings (SSSR count). The average molecular weight is 548 g/mol. The number of aromatic nitrogens is 1. The molecule has 2 amide bonds. The Bertz CT molecular complexity index is 1440. The lowest BCUT2D eigenvalue weighted by atomic mass is 10.1. The maximum Gasteiger partial charge on any atom is 0.254 e. The van der Waals surface area contributed by atoms with Gasteiger partial charge in [-0.2, -0.15) is 0 Å². The van der Waals surface area contributed by atoms with Gasteiger partial charge in [-0.1, -0.05) is 24.3 Å². The van der Waals surface area contributed by atoms with Crippen molar-refractivity contribution in [2.45, 2.75) is 13.0 Å². The van der Waals surface area contributed by atoms with Crippen molar-refractivity contribution in [3.05, 3.63) is 95.4 Å². The fourth-order valence-corrected chi connectivity index (χ4v) is 4.58. The van der Waals surface area contributed by atoms with Crippen LogP contribution in [0.15, 0.2) is 72.9 Å². The number of hydrogen-bond donors (Lipinski definition) is 1. The number of fused-ring (bicyclic) bond motifs is 1. The third-order valence-corrected chi connectivity index (χ3v) is 6.77. The third-order valence-electron chi connectivity index (χ3n) is 6.77. The molecule has 0 aliphatic rings. The number of carbonyl (C=O) groups excluding carboxylic acids is 2. The molecule has 9 heteroatoms.